The molecule has 0 fully saturated rings. The van der Waals surface area contributed by atoms with E-state index < -0.39 is 5.41 Å². The third kappa shape index (κ3) is 7.65. The molecule has 0 heterocycles. The predicted molar refractivity (Wildman–Crippen MR) is 66.1 cm³/mol. The lowest BCUT2D eigenvalue weighted by molar-refractivity contribution is -0.125. The zero-order valence-corrected chi connectivity index (χ0v) is 11.0. The van der Waals surface area contributed by atoms with Gasteiger partial charge in [0, 0.05) is 19.7 Å². The van der Waals surface area contributed by atoms with Crippen molar-refractivity contribution < 1.29 is 9.53 Å². The minimum absolute atomic E-state index is 0.277. The number of carbonyl (C=O) groups is 1. The van der Waals surface area contributed by atoms with Crippen LogP contribution in [0.3, 0.4) is 0 Å². The van der Waals surface area contributed by atoms with Gasteiger partial charge in [-0.1, -0.05) is 13.8 Å². The maximum absolute atomic E-state index is 11.0. The molecule has 1 amide bonds. The molecule has 0 spiro atoms. The van der Waals surface area contributed by atoms with Gasteiger partial charge in [-0.25, -0.2) is 0 Å². The number of carbonyl (C=O) groups excluding carboxylic acids is 1. The molecule has 0 rings (SSSR count). The van der Waals surface area contributed by atoms with E-state index in [0.29, 0.717) is 19.1 Å². The van der Waals surface area contributed by atoms with Crippen LogP contribution < -0.4 is 11.1 Å². The number of nitrogens with two attached hydrogens (primary N) is 1. The Labute approximate surface area is 98.9 Å². The molecule has 0 saturated heterocycles. The highest BCUT2D eigenvalue weighted by Crippen LogP contribution is 2.11. The van der Waals surface area contributed by atoms with Crippen LogP contribution in [0.4, 0.5) is 0 Å². The molecule has 0 aliphatic rings. The third-order valence-electron chi connectivity index (χ3n) is 2.50. The van der Waals surface area contributed by atoms with Gasteiger partial charge in [-0.05, 0) is 26.2 Å². The molecule has 0 aliphatic heterocycles. The summed E-state index contributed by atoms with van der Waals surface area (Å²) < 4.78 is 5.44. The fourth-order valence-corrected chi connectivity index (χ4v) is 1.05. The highest BCUT2D eigenvalue weighted by molar-refractivity contribution is 5.80. The number of hydrogen-bond acceptors (Lipinski definition) is 3. The van der Waals surface area contributed by atoms with Crippen molar-refractivity contribution in [2.45, 2.75) is 34.1 Å². The van der Waals surface area contributed by atoms with Crippen LogP contribution in [0.1, 0.15) is 34.1 Å². The van der Waals surface area contributed by atoms with E-state index in [2.05, 4.69) is 19.2 Å². The second-order valence-corrected chi connectivity index (χ2v) is 5.22. The quantitative estimate of drug-likeness (QED) is 0.584. The van der Waals surface area contributed by atoms with Crippen LogP contribution in [0.15, 0.2) is 0 Å². The van der Waals surface area contributed by atoms with Gasteiger partial charge < -0.3 is 15.8 Å². The van der Waals surface area contributed by atoms with Gasteiger partial charge in [-0.2, -0.15) is 0 Å². The second-order valence-electron chi connectivity index (χ2n) is 5.22. The summed E-state index contributed by atoms with van der Waals surface area (Å²) >= 11 is 0. The fraction of sp³-hybridized carbons (Fsp3) is 0.917. The van der Waals surface area contributed by atoms with Gasteiger partial charge in [-0.15, -0.1) is 0 Å². The molecular weight excluding hydrogens is 204 g/mol. The minimum Gasteiger partial charge on any atom is -0.380 e. The first-order valence-corrected chi connectivity index (χ1v) is 5.94. The Hall–Kier alpha value is -0.610. The van der Waals surface area contributed by atoms with E-state index in [-0.39, 0.29) is 5.91 Å². The molecule has 0 radical (unpaired) electrons. The van der Waals surface area contributed by atoms with Crippen molar-refractivity contribution in [2.24, 2.45) is 17.1 Å². The van der Waals surface area contributed by atoms with Gasteiger partial charge in [0.25, 0.3) is 0 Å². The minimum atomic E-state index is -0.488. The lowest BCUT2D eigenvalue weighted by Crippen LogP contribution is -2.41. The Morgan fingerprint density at radius 1 is 1.38 bits per heavy atom. The Balaban J connectivity index is 3.37. The Kier molecular flexibility index (Phi) is 7.34. The van der Waals surface area contributed by atoms with Crippen LogP contribution >= 0.6 is 0 Å². The third-order valence-corrected chi connectivity index (χ3v) is 2.50. The average molecular weight is 230 g/mol. The molecule has 0 aromatic heterocycles. The van der Waals surface area contributed by atoms with Crippen LogP contribution in [0.5, 0.6) is 0 Å². The summed E-state index contributed by atoms with van der Waals surface area (Å²) in [6, 6.07) is 0. The topological polar surface area (TPSA) is 64.3 Å². The van der Waals surface area contributed by atoms with Gasteiger partial charge in [0.05, 0.1) is 12.0 Å². The molecule has 0 bridgehead atoms. The van der Waals surface area contributed by atoms with Crippen molar-refractivity contribution in [1.29, 1.82) is 0 Å². The van der Waals surface area contributed by atoms with Crippen molar-refractivity contribution in [2.75, 3.05) is 26.3 Å². The molecule has 4 nitrogen and oxygen atoms in total. The second kappa shape index (κ2) is 7.63. The van der Waals surface area contributed by atoms with E-state index in [1.165, 1.54) is 0 Å². The number of ether oxygens (including phenoxy) is 1. The summed E-state index contributed by atoms with van der Waals surface area (Å²) in [5.41, 5.74) is 4.77. The highest BCUT2D eigenvalue weighted by atomic mass is 16.5. The normalized spacial score (nSPS) is 12.1. The molecule has 0 atom stereocenters. The monoisotopic (exact) mass is 230 g/mol. The van der Waals surface area contributed by atoms with Crippen LogP contribution in [0.2, 0.25) is 0 Å². The largest absolute Gasteiger partial charge is 0.380 e. The first kappa shape index (κ1) is 15.4. The van der Waals surface area contributed by atoms with E-state index >= 15 is 0 Å². The number of nitrogens with one attached hydrogen (secondary N) is 1. The van der Waals surface area contributed by atoms with Crippen molar-refractivity contribution in [3.05, 3.63) is 0 Å². The lowest BCUT2D eigenvalue weighted by Gasteiger charge is -2.20. The van der Waals surface area contributed by atoms with Gasteiger partial charge in [0.15, 0.2) is 0 Å². The highest BCUT2D eigenvalue weighted by Gasteiger charge is 2.23. The van der Waals surface area contributed by atoms with Crippen molar-refractivity contribution in [3.63, 3.8) is 0 Å². The number of amides is 1. The van der Waals surface area contributed by atoms with E-state index in [4.69, 9.17) is 10.5 Å². The Morgan fingerprint density at radius 3 is 2.50 bits per heavy atom. The summed E-state index contributed by atoms with van der Waals surface area (Å²) in [5, 5.41) is 3.17. The molecule has 0 unspecified atom stereocenters. The van der Waals surface area contributed by atoms with E-state index in [0.717, 1.165) is 19.6 Å². The van der Waals surface area contributed by atoms with Crippen LogP contribution in [-0.2, 0) is 9.53 Å². The Bertz CT molecular complexity index is 203. The predicted octanol–water partition coefficient (Wildman–Crippen LogP) is 1.15. The maximum atomic E-state index is 11.0. The Morgan fingerprint density at radius 2 is 2.00 bits per heavy atom. The van der Waals surface area contributed by atoms with E-state index in [1.54, 1.807) is 0 Å². The molecule has 3 N–H and O–H groups in total. The zero-order valence-electron chi connectivity index (χ0n) is 11.0. The molecule has 96 valence electrons. The van der Waals surface area contributed by atoms with E-state index in [9.17, 15) is 4.79 Å². The molecular formula is C12H26N2O2. The summed E-state index contributed by atoms with van der Waals surface area (Å²) in [6.07, 6.45) is 1.09. The molecule has 0 aromatic rings. The lowest BCUT2D eigenvalue weighted by atomic mass is 9.93. The molecule has 4 heteroatoms. The smallest absolute Gasteiger partial charge is 0.224 e. The van der Waals surface area contributed by atoms with Crippen molar-refractivity contribution in [3.8, 4) is 0 Å². The number of hydrogen-bond donors (Lipinski definition) is 2. The van der Waals surface area contributed by atoms with Crippen LogP contribution in [0, 0.1) is 11.3 Å². The first-order valence-electron chi connectivity index (χ1n) is 5.94. The summed E-state index contributed by atoms with van der Waals surface area (Å²) in [5.74, 6) is 0.405. The molecule has 0 saturated carbocycles. The molecule has 16 heavy (non-hydrogen) atoms. The summed E-state index contributed by atoms with van der Waals surface area (Å²) in [6.45, 7) is 10.9. The molecule has 0 aliphatic carbocycles. The number of rotatable bonds is 9. The van der Waals surface area contributed by atoms with Gasteiger partial charge in [0.1, 0.15) is 0 Å². The maximum Gasteiger partial charge on any atom is 0.224 e. The van der Waals surface area contributed by atoms with Gasteiger partial charge in [-0.3, -0.25) is 4.79 Å². The van der Waals surface area contributed by atoms with Crippen molar-refractivity contribution >= 4 is 5.91 Å². The van der Waals surface area contributed by atoms with E-state index in [1.807, 2.05) is 13.8 Å². The standard InChI is InChI=1S/C12H26N2O2/c1-10(2)5-7-16-8-6-14-9-12(3,4)11(13)15/h10,14H,5-9H2,1-4H3,(H2,13,15). The van der Waals surface area contributed by atoms with Gasteiger partial charge >= 0.3 is 0 Å². The van der Waals surface area contributed by atoms with Gasteiger partial charge in [0.2, 0.25) is 5.91 Å². The molecule has 0 aromatic carbocycles. The van der Waals surface area contributed by atoms with Crippen LogP contribution in [-0.4, -0.2) is 32.2 Å². The number of primary amides is 1. The average Bonchev–Trinajstić information content (AvgIpc) is 2.15. The zero-order chi connectivity index (χ0) is 12.6. The summed E-state index contributed by atoms with van der Waals surface area (Å²) in [4.78, 5) is 11.0. The first-order chi connectivity index (χ1) is 7.36. The van der Waals surface area contributed by atoms with Crippen LogP contribution in [0.25, 0.3) is 0 Å². The fourth-order valence-electron chi connectivity index (χ4n) is 1.05. The summed E-state index contributed by atoms with van der Waals surface area (Å²) in [7, 11) is 0. The van der Waals surface area contributed by atoms with Crippen molar-refractivity contribution in [1.82, 2.24) is 5.32 Å². The SMILES string of the molecule is CC(C)CCOCCNCC(C)(C)C(N)=O.